The maximum Gasteiger partial charge on any atom is 0.228 e. The second kappa shape index (κ2) is 4.09. The summed E-state index contributed by atoms with van der Waals surface area (Å²) >= 11 is 5.13. The molecule has 5 heteroatoms. The maximum atomic E-state index is 11.2. The van der Waals surface area contributed by atoms with Gasteiger partial charge in [0, 0.05) is 18.2 Å². The summed E-state index contributed by atoms with van der Waals surface area (Å²) in [6, 6.07) is 6.78. The molecule has 2 rings (SSSR count). The predicted molar refractivity (Wildman–Crippen MR) is 65.4 cm³/mol. The molecule has 16 heavy (non-hydrogen) atoms. The van der Waals surface area contributed by atoms with E-state index in [-0.39, 0.29) is 17.7 Å². The van der Waals surface area contributed by atoms with Crippen molar-refractivity contribution in [3.05, 3.63) is 24.3 Å². The molecule has 2 N–H and O–H groups in total. The minimum absolute atomic E-state index is 0.0331. The Labute approximate surface area is 98.9 Å². The molecule has 0 aromatic heterocycles. The van der Waals surface area contributed by atoms with Gasteiger partial charge in [0.15, 0.2) is 5.11 Å². The summed E-state index contributed by atoms with van der Waals surface area (Å²) in [7, 11) is 0. The Morgan fingerprint density at radius 1 is 1.44 bits per heavy atom. The quantitative estimate of drug-likeness (QED) is 0.724. The van der Waals surface area contributed by atoms with Crippen LogP contribution in [0.1, 0.15) is 13.3 Å². The van der Waals surface area contributed by atoms with Gasteiger partial charge in [0.05, 0.1) is 0 Å². The van der Waals surface area contributed by atoms with Crippen molar-refractivity contribution in [2.45, 2.75) is 19.4 Å². The van der Waals surface area contributed by atoms with E-state index in [0.717, 1.165) is 5.69 Å². The molecule has 1 aromatic carbocycles. The van der Waals surface area contributed by atoms with Crippen molar-refractivity contribution in [1.29, 1.82) is 0 Å². The van der Waals surface area contributed by atoms with Gasteiger partial charge >= 0.3 is 0 Å². The largest absolute Gasteiger partial charge is 0.508 e. The molecule has 0 radical (unpaired) electrons. The van der Waals surface area contributed by atoms with Crippen molar-refractivity contribution in [2.75, 3.05) is 4.90 Å². The van der Waals surface area contributed by atoms with E-state index in [9.17, 15) is 9.90 Å². The van der Waals surface area contributed by atoms with Crippen molar-refractivity contribution < 1.29 is 9.90 Å². The normalized spacial score (nSPS) is 20.8. The zero-order chi connectivity index (χ0) is 11.7. The molecule has 1 aliphatic heterocycles. The highest BCUT2D eigenvalue weighted by Gasteiger charge is 2.27. The average Bonchev–Trinajstić information content (AvgIpc) is 2.19. The molecular weight excluding hydrogens is 224 g/mol. The molecule has 84 valence electrons. The zero-order valence-corrected chi connectivity index (χ0v) is 9.62. The van der Waals surface area contributed by atoms with Gasteiger partial charge in [-0.05, 0) is 43.4 Å². The zero-order valence-electron chi connectivity index (χ0n) is 8.80. The second-order valence-electron chi connectivity index (χ2n) is 3.79. The number of anilines is 1. The third-order valence-electron chi connectivity index (χ3n) is 2.51. The monoisotopic (exact) mass is 236 g/mol. The fraction of sp³-hybridized carbons (Fsp3) is 0.273. The van der Waals surface area contributed by atoms with Crippen LogP contribution in [0.2, 0.25) is 0 Å². The smallest absolute Gasteiger partial charge is 0.228 e. The van der Waals surface area contributed by atoms with Crippen LogP contribution in [0.4, 0.5) is 5.69 Å². The number of thiocarbonyl (C=S) groups is 1. The lowest BCUT2D eigenvalue weighted by atomic mass is 10.1. The Balaban J connectivity index is 2.29. The van der Waals surface area contributed by atoms with Gasteiger partial charge in [0.2, 0.25) is 5.91 Å². The van der Waals surface area contributed by atoms with Crippen molar-refractivity contribution in [1.82, 2.24) is 5.32 Å². The van der Waals surface area contributed by atoms with Crippen molar-refractivity contribution in [3.63, 3.8) is 0 Å². The van der Waals surface area contributed by atoms with Gasteiger partial charge in [0.25, 0.3) is 0 Å². The molecule has 1 aliphatic rings. The lowest BCUT2D eigenvalue weighted by Gasteiger charge is -2.35. The number of carbonyl (C=O) groups excluding carboxylic acids is 1. The summed E-state index contributed by atoms with van der Waals surface area (Å²) in [6.45, 7) is 1.94. The fourth-order valence-electron chi connectivity index (χ4n) is 1.78. The van der Waals surface area contributed by atoms with Crippen LogP contribution < -0.4 is 10.2 Å². The van der Waals surface area contributed by atoms with Gasteiger partial charge in [-0.2, -0.15) is 0 Å². The molecule has 0 saturated carbocycles. The average molecular weight is 236 g/mol. The number of aromatic hydroxyl groups is 1. The van der Waals surface area contributed by atoms with Gasteiger partial charge in [-0.1, -0.05) is 0 Å². The number of amides is 1. The highest BCUT2D eigenvalue weighted by molar-refractivity contribution is 7.80. The van der Waals surface area contributed by atoms with Gasteiger partial charge in [-0.3, -0.25) is 4.79 Å². The standard InChI is InChI=1S/C11H12N2O2S/c1-7-6-10(15)12-11(16)13(7)8-2-4-9(14)5-3-8/h2-5,7,14H,6H2,1H3,(H,12,15,16). The van der Waals surface area contributed by atoms with Crippen LogP contribution in [-0.4, -0.2) is 22.2 Å². The predicted octanol–water partition coefficient (Wildman–Crippen LogP) is 1.39. The first kappa shape index (κ1) is 10.9. The number of benzene rings is 1. The first-order valence-corrected chi connectivity index (χ1v) is 5.41. The van der Waals surface area contributed by atoms with E-state index in [1.807, 2.05) is 11.8 Å². The van der Waals surface area contributed by atoms with Crippen LogP contribution in [-0.2, 0) is 4.79 Å². The lowest BCUT2D eigenvalue weighted by molar-refractivity contribution is -0.120. The molecule has 1 amide bonds. The molecule has 1 atom stereocenters. The Morgan fingerprint density at radius 2 is 2.06 bits per heavy atom. The summed E-state index contributed by atoms with van der Waals surface area (Å²) in [4.78, 5) is 13.1. The molecule has 1 heterocycles. The van der Waals surface area contributed by atoms with Gasteiger partial charge in [-0.15, -0.1) is 0 Å². The summed E-state index contributed by atoms with van der Waals surface area (Å²) < 4.78 is 0. The van der Waals surface area contributed by atoms with Gasteiger partial charge < -0.3 is 15.3 Å². The van der Waals surface area contributed by atoms with Crippen LogP contribution in [0.25, 0.3) is 0 Å². The minimum atomic E-state index is -0.0486. The first-order valence-electron chi connectivity index (χ1n) is 5.00. The molecule has 4 nitrogen and oxygen atoms in total. The number of phenols is 1. The minimum Gasteiger partial charge on any atom is -0.508 e. The Kier molecular flexibility index (Phi) is 2.78. The molecular formula is C11H12N2O2S. The van der Waals surface area contributed by atoms with E-state index >= 15 is 0 Å². The van der Waals surface area contributed by atoms with Crippen LogP contribution in [0.3, 0.4) is 0 Å². The first-order chi connectivity index (χ1) is 7.58. The van der Waals surface area contributed by atoms with Crippen molar-refractivity contribution in [3.8, 4) is 5.75 Å². The molecule has 0 aliphatic carbocycles. The van der Waals surface area contributed by atoms with E-state index in [1.54, 1.807) is 24.3 Å². The Hall–Kier alpha value is -1.62. The van der Waals surface area contributed by atoms with E-state index < -0.39 is 0 Å². The van der Waals surface area contributed by atoms with Crippen LogP contribution in [0.15, 0.2) is 24.3 Å². The summed E-state index contributed by atoms with van der Waals surface area (Å²) in [6.07, 6.45) is 0.418. The number of hydrogen-bond acceptors (Lipinski definition) is 3. The number of carbonyl (C=O) groups is 1. The van der Waals surface area contributed by atoms with Crippen LogP contribution >= 0.6 is 12.2 Å². The third kappa shape index (κ3) is 1.99. The highest BCUT2D eigenvalue weighted by Crippen LogP contribution is 2.23. The lowest BCUT2D eigenvalue weighted by Crippen LogP contribution is -2.54. The molecule has 1 saturated heterocycles. The summed E-state index contributed by atoms with van der Waals surface area (Å²) in [5.74, 6) is 0.163. The highest BCUT2D eigenvalue weighted by atomic mass is 32.1. The summed E-state index contributed by atoms with van der Waals surface area (Å²) in [5.41, 5.74) is 0.871. The Morgan fingerprint density at radius 3 is 2.62 bits per heavy atom. The van der Waals surface area contributed by atoms with Gasteiger partial charge in [0.1, 0.15) is 5.75 Å². The number of phenolic OH excluding ortho intramolecular Hbond substituents is 1. The molecule has 0 bridgehead atoms. The second-order valence-corrected chi connectivity index (χ2v) is 4.18. The number of nitrogens with one attached hydrogen (secondary N) is 1. The van der Waals surface area contributed by atoms with Crippen LogP contribution in [0.5, 0.6) is 5.75 Å². The molecule has 0 spiro atoms. The van der Waals surface area contributed by atoms with E-state index in [1.165, 1.54) is 0 Å². The molecule has 1 unspecified atom stereocenters. The van der Waals surface area contributed by atoms with Crippen molar-refractivity contribution in [2.24, 2.45) is 0 Å². The van der Waals surface area contributed by atoms with Crippen LogP contribution in [0, 0.1) is 0 Å². The number of hydrogen-bond donors (Lipinski definition) is 2. The third-order valence-corrected chi connectivity index (χ3v) is 2.81. The molecule has 1 fully saturated rings. The fourth-order valence-corrected chi connectivity index (χ4v) is 2.17. The van der Waals surface area contributed by atoms with E-state index in [2.05, 4.69) is 5.32 Å². The van der Waals surface area contributed by atoms with E-state index in [4.69, 9.17) is 12.2 Å². The summed E-state index contributed by atoms with van der Waals surface area (Å²) in [5, 5.41) is 12.2. The van der Waals surface area contributed by atoms with Crippen molar-refractivity contribution >= 4 is 28.9 Å². The Bertz CT molecular complexity index is 430. The SMILES string of the molecule is CC1CC(=O)NC(=S)N1c1ccc(O)cc1. The molecule has 1 aromatic rings. The topological polar surface area (TPSA) is 52.6 Å². The van der Waals surface area contributed by atoms with Gasteiger partial charge in [-0.25, -0.2) is 0 Å². The number of nitrogens with zero attached hydrogens (tertiary/aromatic N) is 1. The number of rotatable bonds is 1. The van der Waals surface area contributed by atoms with E-state index in [0.29, 0.717) is 11.5 Å². The maximum absolute atomic E-state index is 11.2.